The summed E-state index contributed by atoms with van der Waals surface area (Å²) in [7, 11) is 0. The molecule has 1 saturated carbocycles. The van der Waals surface area contributed by atoms with Crippen molar-refractivity contribution in [2.24, 2.45) is 11.8 Å². The Labute approximate surface area is 240 Å². The average Bonchev–Trinajstić information content (AvgIpc) is 3.20. The van der Waals surface area contributed by atoms with Crippen molar-refractivity contribution in [1.82, 2.24) is 24.9 Å². The van der Waals surface area contributed by atoms with Gasteiger partial charge < -0.3 is 10.2 Å². The fraction of sp³-hybridized carbons (Fsp3) is 0.645. The van der Waals surface area contributed by atoms with Crippen LogP contribution in [0.25, 0.3) is 5.69 Å². The molecule has 2 aliphatic heterocycles. The molecule has 1 unspecified atom stereocenters. The summed E-state index contributed by atoms with van der Waals surface area (Å²) in [6, 6.07) is 9.61. The molecule has 5 rings (SSSR count). The van der Waals surface area contributed by atoms with E-state index in [0.29, 0.717) is 5.92 Å². The van der Waals surface area contributed by atoms with Crippen LogP contribution in [0, 0.1) is 25.7 Å². The third-order valence-corrected chi connectivity index (χ3v) is 9.19. The van der Waals surface area contributed by atoms with E-state index in [1.807, 2.05) is 27.8 Å². The van der Waals surface area contributed by atoms with E-state index >= 15 is 0 Å². The van der Waals surface area contributed by atoms with Crippen molar-refractivity contribution in [3.05, 3.63) is 47.3 Å². The maximum absolute atomic E-state index is 13.6. The molecule has 39 heavy (non-hydrogen) atoms. The molecule has 0 spiro atoms. The summed E-state index contributed by atoms with van der Waals surface area (Å²) in [5.74, 6) is 0.956. The molecule has 0 bridgehead atoms. The number of hydrogen-bond donors (Lipinski definition) is 1. The zero-order valence-electron chi connectivity index (χ0n) is 24.1. The van der Waals surface area contributed by atoms with Crippen LogP contribution < -0.4 is 5.32 Å². The highest BCUT2D eigenvalue weighted by Gasteiger charge is 2.46. The van der Waals surface area contributed by atoms with Gasteiger partial charge in [0, 0.05) is 23.8 Å². The summed E-state index contributed by atoms with van der Waals surface area (Å²) < 4.78 is 2.04. The van der Waals surface area contributed by atoms with Crippen molar-refractivity contribution >= 4 is 24.2 Å². The first-order valence-corrected chi connectivity index (χ1v) is 14.8. The van der Waals surface area contributed by atoms with E-state index in [1.165, 1.54) is 43.4 Å². The molecule has 8 heteroatoms. The molecule has 3 heterocycles. The number of carbonyl (C=O) groups is 2. The van der Waals surface area contributed by atoms with E-state index in [9.17, 15) is 9.59 Å². The lowest BCUT2D eigenvalue weighted by Gasteiger charge is -2.47. The molecule has 1 N–H and O–H groups in total. The Kier molecular flexibility index (Phi) is 9.76. The molecule has 0 radical (unpaired) electrons. The highest BCUT2D eigenvalue weighted by molar-refractivity contribution is 5.97. The van der Waals surface area contributed by atoms with Gasteiger partial charge in [-0.25, -0.2) is 4.68 Å². The van der Waals surface area contributed by atoms with Crippen LogP contribution in [0.15, 0.2) is 30.3 Å². The maximum atomic E-state index is 13.6. The number of nitrogens with one attached hydrogen (secondary N) is 1. The van der Waals surface area contributed by atoms with Crippen molar-refractivity contribution in [3.63, 3.8) is 0 Å². The Morgan fingerprint density at radius 1 is 0.974 bits per heavy atom. The molecule has 3 fully saturated rings. The van der Waals surface area contributed by atoms with Gasteiger partial charge in [-0.15, -0.1) is 12.4 Å². The van der Waals surface area contributed by atoms with Gasteiger partial charge in [0.05, 0.1) is 11.4 Å². The third-order valence-electron chi connectivity index (χ3n) is 9.19. The van der Waals surface area contributed by atoms with E-state index in [-0.39, 0.29) is 48.3 Å². The van der Waals surface area contributed by atoms with Crippen molar-refractivity contribution in [2.45, 2.75) is 104 Å². The lowest BCUT2D eigenvalue weighted by molar-refractivity contribution is -0.155. The Balaban J connectivity index is 0.00000353. The molecule has 7 nitrogen and oxygen atoms in total. The molecular weight excluding hydrogens is 510 g/mol. The number of rotatable bonds is 7. The summed E-state index contributed by atoms with van der Waals surface area (Å²) in [5.41, 5.74) is 4.62. The van der Waals surface area contributed by atoms with E-state index in [2.05, 4.69) is 50.0 Å². The van der Waals surface area contributed by atoms with Gasteiger partial charge in [0.25, 0.3) is 0 Å². The standard InChI is InChI=1S/C31H45N5O2.ClH/c1-21(2)35-29(30(37)32-28(31(35)38)19-24-11-7-5-8-12-24)25-15-17-34(18-16-25)20-27-22(3)33-36(23(27)4)26-13-9-6-10-14-26;/h6,9-10,13-14,21,24-25,28-29H,5,7-8,11-12,15-20H2,1-4H3,(H,32,37);1H/t28-,29?;/m0./s1. The Bertz CT molecular complexity index is 1120. The van der Waals surface area contributed by atoms with Crippen LogP contribution in [0.3, 0.4) is 0 Å². The molecule has 1 aliphatic carbocycles. The van der Waals surface area contributed by atoms with Gasteiger partial charge in [-0.05, 0) is 84.0 Å². The normalized spacial score (nSPS) is 23.7. The van der Waals surface area contributed by atoms with Crippen LogP contribution in [0.1, 0.15) is 82.2 Å². The number of benzene rings is 1. The van der Waals surface area contributed by atoms with Gasteiger partial charge in [-0.3, -0.25) is 14.5 Å². The predicted octanol–water partition coefficient (Wildman–Crippen LogP) is 5.20. The van der Waals surface area contributed by atoms with Crippen molar-refractivity contribution in [2.75, 3.05) is 13.1 Å². The smallest absolute Gasteiger partial charge is 0.246 e. The molecule has 2 aromatic rings. The lowest BCUT2D eigenvalue weighted by atomic mass is 9.81. The molecule has 2 amide bonds. The first-order chi connectivity index (χ1) is 18.3. The number of piperidine rings is 1. The highest BCUT2D eigenvalue weighted by Crippen LogP contribution is 2.33. The lowest BCUT2D eigenvalue weighted by Crippen LogP contribution is -2.67. The van der Waals surface area contributed by atoms with Crippen LogP contribution in [-0.4, -0.2) is 62.6 Å². The minimum atomic E-state index is -0.351. The largest absolute Gasteiger partial charge is 0.342 e. The van der Waals surface area contributed by atoms with Crippen LogP contribution in [0.2, 0.25) is 0 Å². The maximum Gasteiger partial charge on any atom is 0.246 e. The second kappa shape index (κ2) is 12.9. The summed E-state index contributed by atoms with van der Waals surface area (Å²) in [4.78, 5) is 31.5. The van der Waals surface area contributed by atoms with Crippen molar-refractivity contribution < 1.29 is 9.59 Å². The molecule has 214 valence electrons. The van der Waals surface area contributed by atoms with E-state index in [4.69, 9.17) is 5.10 Å². The monoisotopic (exact) mass is 555 g/mol. The number of carbonyl (C=O) groups excluding carboxylic acids is 2. The molecule has 1 aromatic heterocycles. The molecule has 2 atom stereocenters. The van der Waals surface area contributed by atoms with Crippen LogP contribution in [-0.2, 0) is 16.1 Å². The Morgan fingerprint density at radius 2 is 1.64 bits per heavy atom. The minimum absolute atomic E-state index is 0. The van der Waals surface area contributed by atoms with Gasteiger partial charge >= 0.3 is 0 Å². The number of aryl methyl sites for hydroxylation is 1. The number of halogens is 1. The number of nitrogens with zero attached hydrogens (tertiary/aromatic N) is 4. The summed E-state index contributed by atoms with van der Waals surface area (Å²) >= 11 is 0. The number of piperazine rings is 1. The predicted molar refractivity (Wildman–Crippen MR) is 157 cm³/mol. The van der Waals surface area contributed by atoms with Crippen molar-refractivity contribution in [1.29, 1.82) is 0 Å². The number of amides is 2. The van der Waals surface area contributed by atoms with Crippen LogP contribution >= 0.6 is 12.4 Å². The van der Waals surface area contributed by atoms with E-state index < -0.39 is 0 Å². The van der Waals surface area contributed by atoms with E-state index in [0.717, 1.165) is 50.3 Å². The first kappa shape index (κ1) is 29.6. The highest BCUT2D eigenvalue weighted by atomic mass is 35.5. The second-order valence-corrected chi connectivity index (χ2v) is 12.1. The average molecular weight is 556 g/mol. The summed E-state index contributed by atoms with van der Waals surface area (Å²) in [6.45, 7) is 11.1. The van der Waals surface area contributed by atoms with Gasteiger partial charge in [0.2, 0.25) is 11.8 Å². The summed E-state index contributed by atoms with van der Waals surface area (Å²) in [5, 5.41) is 8.00. The molecular formula is C31H46ClN5O2. The molecule has 2 saturated heterocycles. The van der Waals surface area contributed by atoms with Crippen molar-refractivity contribution in [3.8, 4) is 5.69 Å². The molecule has 1 aromatic carbocycles. The van der Waals surface area contributed by atoms with Gasteiger partial charge in [0.15, 0.2) is 0 Å². The third kappa shape index (κ3) is 6.35. The Hall–Kier alpha value is -2.38. The van der Waals surface area contributed by atoms with Gasteiger partial charge in [-0.2, -0.15) is 5.10 Å². The number of hydrogen-bond acceptors (Lipinski definition) is 4. The van der Waals surface area contributed by atoms with E-state index in [1.54, 1.807) is 0 Å². The first-order valence-electron chi connectivity index (χ1n) is 14.8. The zero-order chi connectivity index (χ0) is 26.8. The number of para-hydroxylation sites is 1. The topological polar surface area (TPSA) is 70.5 Å². The zero-order valence-corrected chi connectivity index (χ0v) is 24.9. The SMILES string of the molecule is Cc1nn(-c2ccccc2)c(C)c1CN1CCC(C2C(=O)N[C@@H](CC3CCCCC3)C(=O)N2C(C)C)CC1.Cl. The van der Waals surface area contributed by atoms with Gasteiger partial charge in [-0.1, -0.05) is 50.3 Å². The quantitative estimate of drug-likeness (QED) is 0.510. The minimum Gasteiger partial charge on any atom is -0.342 e. The van der Waals surface area contributed by atoms with Crippen LogP contribution in [0.4, 0.5) is 0 Å². The van der Waals surface area contributed by atoms with Gasteiger partial charge in [0.1, 0.15) is 12.1 Å². The second-order valence-electron chi connectivity index (χ2n) is 12.1. The fourth-order valence-corrected chi connectivity index (χ4v) is 7.07. The fourth-order valence-electron chi connectivity index (χ4n) is 7.07. The van der Waals surface area contributed by atoms with Crippen LogP contribution in [0.5, 0.6) is 0 Å². The summed E-state index contributed by atoms with van der Waals surface area (Å²) in [6.07, 6.45) is 8.82. The Morgan fingerprint density at radius 3 is 2.28 bits per heavy atom. The molecule has 3 aliphatic rings. The number of likely N-dealkylation sites (tertiary alicyclic amines) is 1. The number of aromatic nitrogens is 2.